The molecule has 31 heavy (non-hydrogen) atoms. The van der Waals surface area contributed by atoms with Gasteiger partial charge in [0, 0.05) is 33.4 Å². The summed E-state index contributed by atoms with van der Waals surface area (Å²) >= 11 is 18.0. The largest absolute Gasteiger partial charge is 0.466 e. The second-order valence-corrected chi connectivity index (χ2v) is 9.69. The van der Waals surface area contributed by atoms with Crippen molar-refractivity contribution in [3.05, 3.63) is 62.6 Å². The van der Waals surface area contributed by atoms with E-state index in [-0.39, 0.29) is 17.8 Å². The molecule has 8 heteroatoms. The van der Waals surface area contributed by atoms with E-state index >= 15 is 0 Å². The number of esters is 1. The number of rotatable bonds is 6. The lowest BCUT2D eigenvalue weighted by Gasteiger charge is -2.30. The van der Waals surface area contributed by atoms with Gasteiger partial charge in [-0.1, -0.05) is 53.2 Å². The van der Waals surface area contributed by atoms with Crippen molar-refractivity contribution in [2.24, 2.45) is 5.92 Å². The Morgan fingerprint density at radius 1 is 1.13 bits per heavy atom. The maximum Gasteiger partial charge on any atom is 0.309 e. The molecule has 2 aromatic carbocycles. The third kappa shape index (κ3) is 6.28. The van der Waals surface area contributed by atoms with Crippen LogP contribution in [0.5, 0.6) is 0 Å². The van der Waals surface area contributed by atoms with Crippen LogP contribution in [0.3, 0.4) is 0 Å². The second-order valence-electron chi connectivity index (χ2n) is 7.00. The molecule has 1 fully saturated rings. The van der Waals surface area contributed by atoms with Crippen LogP contribution < -0.4 is 0 Å². The normalized spacial score (nSPS) is 14.8. The Labute approximate surface area is 205 Å². The summed E-state index contributed by atoms with van der Waals surface area (Å²) in [6.07, 6.45) is 4.42. The third-order valence-electron chi connectivity index (χ3n) is 4.97. The first-order valence-electron chi connectivity index (χ1n) is 9.94. The number of carbonyl (C=O) groups is 2. The van der Waals surface area contributed by atoms with Gasteiger partial charge in [0.25, 0.3) is 0 Å². The van der Waals surface area contributed by atoms with Crippen LogP contribution in [0.1, 0.15) is 25.3 Å². The molecule has 0 unspecified atom stereocenters. The highest BCUT2D eigenvalue weighted by Crippen LogP contribution is 2.41. The lowest BCUT2D eigenvalue weighted by Crippen LogP contribution is -2.39. The summed E-state index contributed by atoms with van der Waals surface area (Å²) < 4.78 is 6.05. The van der Waals surface area contributed by atoms with Crippen LogP contribution >= 0.6 is 50.9 Å². The van der Waals surface area contributed by atoms with E-state index in [1.54, 1.807) is 17.9 Å². The van der Waals surface area contributed by atoms with Crippen molar-refractivity contribution in [1.29, 1.82) is 0 Å². The predicted molar refractivity (Wildman–Crippen MR) is 130 cm³/mol. The van der Waals surface area contributed by atoms with Gasteiger partial charge in [-0.15, -0.1) is 0 Å². The fraction of sp³-hybridized carbons (Fsp3) is 0.304. The van der Waals surface area contributed by atoms with E-state index in [4.69, 9.17) is 27.9 Å². The third-order valence-corrected chi connectivity index (χ3v) is 8.06. The zero-order valence-corrected chi connectivity index (χ0v) is 20.9. The van der Waals surface area contributed by atoms with Crippen LogP contribution in [0, 0.1) is 5.92 Å². The van der Waals surface area contributed by atoms with Crippen LogP contribution in [0.4, 0.5) is 0 Å². The summed E-state index contributed by atoms with van der Waals surface area (Å²) in [5, 5.41) is 0.857. The Bertz CT molecular complexity index is 991. The fourth-order valence-corrected chi connectivity index (χ4v) is 5.24. The summed E-state index contributed by atoms with van der Waals surface area (Å²) in [6.45, 7) is 3.24. The molecule has 1 aliphatic heterocycles. The van der Waals surface area contributed by atoms with Crippen LogP contribution in [0.2, 0.25) is 10.0 Å². The number of amides is 1. The van der Waals surface area contributed by atoms with Crippen LogP contribution in [0.25, 0.3) is 6.08 Å². The van der Waals surface area contributed by atoms with Crippen molar-refractivity contribution in [3.8, 4) is 0 Å². The molecule has 0 aromatic heterocycles. The Morgan fingerprint density at radius 3 is 2.52 bits per heavy atom. The number of carbonyl (C=O) groups excluding carboxylic acids is 2. The van der Waals surface area contributed by atoms with Crippen LogP contribution in [-0.2, 0) is 14.3 Å². The molecule has 2 aromatic rings. The first kappa shape index (κ1) is 24.2. The molecule has 0 atom stereocenters. The number of nitrogens with zero attached hydrogens (tertiary/aromatic N) is 1. The Morgan fingerprint density at radius 2 is 1.84 bits per heavy atom. The molecular weight excluding hydrogens is 521 g/mol. The number of hydrogen-bond donors (Lipinski definition) is 0. The monoisotopic (exact) mass is 541 g/mol. The molecule has 0 N–H and O–H groups in total. The number of piperidine rings is 1. The highest BCUT2D eigenvalue weighted by Gasteiger charge is 2.27. The van der Waals surface area contributed by atoms with E-state index in [2.05, 4.69) is 15.9 Å². The SMILES string of the molecule is CCOC(=O)C1CCN(C(=O)C=Cc2ccc(Sc3ccccc3Br)c(Cl)c2Cl)CC1. The van der Waals surface area contributed by atoms with E-state index in [0.717, 1.165) is 14.3 Å². The molecule has 164 valence electrons. The number of halogens is 3. The number of ether oxygens (including phenoxy) is 1. The molecule has 1 aliphatic rings. The number of likely N-dealkylation sites (tertiary alicyclic amines) is 1. The zero-order chi connectivity index (χ0) is 22.4. The molecule has 0 saturated carbocycles. The Hall–Kier alpha value is -1.47. The van der Waals surface area contributed by atoms with E-state index in [1.165, 1.54) is 17.8 Å². The average molecular weight is 543 g/mol. The molecule has 0 spiro atoms. The minimum atomic E-state index is -0.174. The molecule has 0 radical (unpaired) electrons. The van der Waals surface area contributed by atoms with E-state index in [1.807, 2.05) is 36.4 Å². The minimum absolute atomic E-state index is 0.110. The summed E-state index contributed by atoms with van der Waals surface area (Å²) in [7, 11) is 0. The molecular formula is C23H22BrCl2NO3S. The summed E-state index contributed by atoms with van der Waals surface area (Å²) in [4.78, 5) is 28.0. The molecule has 3 rings (SSSR count). The maximum absolute atomic E-state index is 12.6. The smallest absolute Gasteiger partial charge is 0.309 e. The van der Waals surface area contributed by atoms with Crippen molar-refractivity contribution in [2.75, 3.05) is 19.7 Å². The van der Waals surface area contributed by atoms with Gasteiger partial charge in [0.05, 0.1) is 22.6 Å². The van der Waals surface area contributed by atoms with Gasteiger partial charge < -0.3 is 9.64 Å². The molecule has 1 saturated heterocycles. The van der Waals surface area contributed by atoms with Gasteiger partial charge in [0.15, 0.2) is 0 Å². The lowest BCUT2D eigenvalue weighted by molar-refractivity contribution is -0.150. The van der Waals surface area contributed by atoms with Crippen molar-refractivity contribution < 1.29 is 14.3 Å². The van der Waals surface area contributed by atoms with Gasteiger partial charge >= 0.3 is 5.97 Å². The second kappa shape index (κ2) is 11.4. The van der Waals surface area contributed by atoms with E-state index < -0.39 is 0 Å². The number of hydrogen-bond acceptors (Lipinski definition) is 4. The summed E-state index contributed by atoms with van der Waals surface area (Å²) in [5.74, 6) is -0.413. The first-order valence-corrected chi connectivity index (χ1v) is 12.3. The van der Waals surface area contributed by atoms with Crippen LogP contribution in [0.15, 0.2) is 56.7 Å². The van der Waals surface area contributed by atoms with Crippen molar-refractivity contribution in [3.63, 3.8) is 0 Å². The van der Waals surface area contributed by atoms with Gasteiger partial charge in [-0.25, -0.2) is 0 Å². The molecule has 0 bridgehead atoms. The van der Waals surface area contributed by atoms with Gasteiger partial charge in [-0.3, -0.25) is 9.59 Å². The standard InChI is InChI=1S/C23H22BrCl2NO3S/c1-2-30-23(29)16-11-13-27(14-12-16)20(28)10-8-15-7-9-19(22(26)21(15)25)31-18-6-4-3-5-17(18)24/h3-10,16H,2,11-14H2,1H3. The molecule has 1 amide bonds. The van der Waals surface area contributed by atoms with Gasteiger partial charge in [0.1, 0.15) is 0 Å². The highest BCUT2D eigenvalue weighted by molar-refractivity contribution is 9.10. The average Bonchev–Trinajstić information content (AvgIpc) is 2.78. The topological polar surface area (TPSA) is 46.6 Å². The van der Waals surface area contributed by atoms with Crippen molar-refractivity contribution >= 4 is 68.8 Å². The quantitative estimate of drug-likeness (QED) is 0.300. The number of benzene rings is 2. The van der Waals surface area contributed by atoms with Crippen molar-refractivity contribution in [1.82, 2.24) is 4.90 Å². The molecule has 1 heterocycles. The summed E-state index contributed by atoms with van der Waals surface area (Å²) in [5.41, 5.74) is 0.679. The maximum atomic E-state index is 12.6. The van der Waals surface area contributed by atoms with Gasteiger partial charge in [-0.2, -0.15) is 0 Å². The Balaban J connectivity index is 1.63. The Kier molecular flexibility index (Phi) is 8.90. The summed E-state index contributed by atoms with van der Waals surface area (Å²) in [6, 6.07) is 11.6. The van der Waals surface area contributed by atoms with Gasteiger partial charge in [-0.05, 0) is 65.5 Å². The van der Waals surface area contributed by atoms with Crippen LogP contribution in [-0.4, -0.2) is 36.5 Å². The zero-order valence-electron chi connectivity index (χ0n) is 16.9. The lowest BCUT2D eigenvalue weighted by atomic mass is 9.97. The van der Waals surface area contributed by atoms with E-state index in [0.29, 0.717) is 48.1 Å². The first-order chi connectivity index (χ1) is 14.9. The fourth-order valence-electron chi connectivity index (χ4n) is 3.26. The van der Waals surface area contributed by atoms with E-state index in [9.17, 15) is 9.59 Å². The highest BCUT2D eigenvalue weighted by atomic mass is 79.9. The van der Waals surface area contributed by atoms with Crippen molar-refractivity contribution in [2.45, 2.75) is 29.6 Å². The molecule has 0 aliphatic carbocycles. The predicted octanol–water partition coefficient (Wildman–Crippen LogP) is 6.72. The minimum Gasteiger partial charge on any atom is -0.466 e. The molecule has 4 nitrogen and oxygen atoms in total. The van der Waals surface area contributed by atoms with Gasteiger partial charge in [0.2, 0.25) is 5.91 Å².